The summed E-state index contributed by atoms with van der Waals surface area (Å²) in [5.41, 5.74) is 0. The summed E-state index contributed by atoms with van der Waals surface area (Å²) in [6.07, 6.45) is 17.0. The number of hydrogen-bond acceptors (Lipinski definition) is 1. The average Bonchev–Trinajstić information content (AvgIpc) is 2.22. The maximum Gasteiger partial charge on any atom is -0.00488 e. The molecule has 1 N–H and O–H groups in total. The molecule has 0 fully saturated rings. The van der Waals surface area contributed by atoms with E-state index in [9.17, 15) is 0 Å². The summed E-state index contributed by atoms with van der Waals surface area (Å²) < 4.78 is 0. The molecule has 1 nitrogen and oxygen atoms in total. The van der Waals surface area contributed by atoms with E-state index >= 15 is 0 Å². The molecule has 1 aliphatic heterocycles. The van der Waals surface area contributed by atoms with Gasteiger partial charge in [0.15, 0.2) is 0 Å². The van der Waals surface area contributed by atoms with Crippen molar-refractivity contribution in [2.24, 2.45) is 0 Å². The average molecular weight is 195 g/mol. The highest BCUT2D eigenvalue weighted by molar-refractivity contribution is 4.81. The molecule has 0 radical (unpaired) electrons. The minimum Gasteiger partial charge on any atom is -0.317 e. The minimum atomic E-state index is 1.22. The molecule has 0 amide bonds. The summed E-state index contributed by atoms with van der Waals surface area (Å²) in [4.78, 5) is 0. The first-order chi connectivity index (χ1) is 7.00. The van der Waals surface area contributed by atoms with Crippen LogP contribution in [0.25, 0.3) is 0 Å². The summed E-state index contributed by atoms with van der Waals surface area (Å²) in [6.45, 7) is 2.45. The second kappa shape index (κ2) is 9.26. The van der Waals surface area contributed by atoms with Crippen LogP contribution < -0.4 is 5.32 Å². The van der Waals surface area contributed by atoms with Crippen LogP contribution in [-0.2, 0) is 0 Å². The predicted octanol–water partition coefficient (Wildman–Crippen LogP) is 3.66. The summed E-state index contributed by atoms with van der Waals surface area (Å²) in [5, 5.41) is 3.52. The van der Waals surface area contributed by atoms with Crippen LogP contribution in [0.5, 0.6) is 0 Å². The van der Waals surface area contributed by atoms with Crippen LogP contribution in [0.15, 0.2) is 12.2 Å². The van der Waals surface area contributed by atoms with Crippen molar-refractivity contribution >= 4 is 0 Å². The molecule has 0 saturated carbocycles. The molecule has 0 aromatic heterocycles. The Bertz CT molecular complexity index is 124. The van der Waals surface area contributed by atoms with Crippen LogP contribution in [0.1, 0.15) is 57.8 Å². The lowest BCUT2D eigenvalue weighted by atomic mass is 10.1. The van der Waals surface area contributed by atoms with Crippen LogP contribution >= 0.6 is 0 Å². The molecular formula is C13H25N. The van der Waals surface area contributed by atoms with Crippen molar-refractivity contribution in [2.75, 3.05) is 13.1 Å². The first kappa shape index (κ1) is 11.8. The van der Waals surface area contributed by atoms with Gasteiger partial charge >= 0.3 is 0 Å². The van der Waals surface area contributed by atoms with Gasteiger partial charge in [0.05, 0.1) is 0 Å². The topological polar surface area (TPSA) is 12.0 Å². The van der Waals surface area contributed by atoms with Gasteiger partial charge in [0.25, 0.3) is 0 Å². The molecule has 0 bridgehead atoms. The Balaban J connectivity index is 2.09. The number of hydrogen-bond donors (Lipinski definition) is 1. The van der Waals surface area contributed by atoms with Crippen molar-refractivity contribution in [3.63, 3.8) is 0 Å². The summed E-state index contributed by atoms with van der Waals surface area (Å²) in [7, 11) is 0. The quantitative estimate of drug-likeness (QED) is 0.582. The largest absolute Gasteiger partial charge is 0.317 e. The van der Waals surface area contributed by atoms with Crippen molar-refractivity contribution in [1.82, 2.24) is 5.32 Å². The Morgan fingerprint density at radius 2 is 1.07 bits per heavy atom. The highest BCUT2D eigenvalue weighted by Crippen LogP contribution is 2.07. The van der Waals surface area contributed by atoms with Crippen molar-refractivity contribution in [2.45, 2.75) is 57.8 Å². The van der Waals surface area contributed by atoms with E-state index in [4.69, 9.17) is 0 Å². The molecule has 0 aromatic rings. The standard InChI is InChI=1S/C13H25N/c1-2-4-6-8-10-12-14-13-11-9-7-5-3-1/h2,4,14H,1,3,5-13H2. The van der Waals surface area contributed by atoms with E-state index in [1.165, 1.54) is 70.9 Å². The second-order valence-electron chi connectivity index (χ2n) is 4.27. The molecule has 1 rings (SSSR count). The van der Waals surface area contributed by atoms with Gasteiger partial charge in [0.1, 0.15) is 0 Å². The van der Waals surface area contributed by atoms with Gasteiger partial charge in [-0.25, -0.2) is 0 Å². The molecule has 1 heterocycles. The molecular weight excluding hydrogens is 170 g/mol. The fourth-order valence-corrected chi connectivity index (χ4v) is 1.92. The Labute approximate surface area is 89.0 Å². The van der Waals surface area contributed by atoms with Gasteiger partial charge in [-0.3, -0.25) is 0 Å². The third-order valence-electron chi connectivity index (χ3n) is 2.87. The van der Waals surface area contributed by atoms with E-state index in [0.29, 0.717) is 0 Å². The van der Waals surface area contributed by atoms with Gasteiger partial charge in [-0.2, -0.15) is 0 Å². The zero-order chi connectivity index (χ0) is 9.90. The molecule has 0 aromatic carbocycles. The highest BCUT2D eigenvalue weighted by atomic mass is 14.8. The molecule has 0 aliphatic carbocycles. The molecule has 0 saturated heterocycles. The third-order valence-corrected chi connectivity index (χ3v) is 2.87. The zero-order valence-electron chi connectivity index (χ0n) is 9.43. The van der Waals surface area contributed by atoms with E-state index < -0.39 is 0 Å². The first-order valence-electron chi connectivity index (χ1n) is 6.36. The molecule has 0 atom stereocenters. The van der Waals surface area contributed by atoms with Gasteiger partial charge < -0.3 is 5.32 Å². The molecule has 1 aliphatic rings. The van der Waals surface area contributed by atoms with E-state index in [0.717, 1.165) is 0 Å². The van der Waals surface area contributed by atoms with Crippen molar-refractivity contribution in [1.29, 1.82) is 0 Å². The van der Waals surface area contributed by atoms with E-state index in [2.05, 4.69) is 17.5 Å². The monoisotopic (exact) mass is 195 g/mol. The summed E-state index contributed by atoms with van der Waals surface area (Å²) in [6, 6.07) is 0. The Kier molecular flexibility index (Phi) is 7.79. The lowest BCUT2D eigenvalue weighted by molar-refractivity contribution is 0.560. The van der Waals surface area contributed by atoms with E-state index in [-0.39, 0.29) is 0 Å². The zero-order valence-corrected chi connectivity index (χ0v) is 9.43. The maximum absolute atomic E-state index is 3.52. The number of allylic oxidation sites excluding steroid dienone is 2. The molecule has 0 spiro atoms. The van der Waals surface area contributed by atoms with Crippen LogP contribution in [0.3, 0.4) is 0 Å². The second-order valence-corrected chi connectivity index (χ2v) is 4.27. The lowest BCUT2D eigenvalue weighted by Crippen LogP contribution is -2.16. The van der Waals surface area contributed by atoms with Gasteiger partial charge in [-0.1, -0.05) is 31.4 Å². The van der Waals surface area contributed by atoms with E-state index in [1.807, 2.05) is 0 Å². The van der Waals surface area contributed by atoms with Gasteiger partial charge in [-0.05, 0) is 51.6 Å². The highest BCUT2D eigenvalue weighted by Gasteiger charge is 1.92. The number of rotatable bonds is 0. The van der Waals surface area contributed by atoms with Crippen LogP contribution in [0.4, 0.5) is 0 Å². The molecule has 0 unspecified atom stereocenters. The minimum absolute atomic E-state index is 1.22. The first-order valence-corrected chi connectivity index (χ1v) is 6.36. The number of nitrogens with one attached hydrogen (secondary N) is 1. The van der Waals surface area contributed by atoms with Gasteiger partial charge in [0.2, 0.25) is 0 Å². The SMILES string of the molecule is C1=CCCCCNCCCCCCC1. The predicted molar refractivity (Wildman–Crippen MR) is 63.6 cm³/mol. The smallest absolute Gasteiger partial charge is 0.00488 e. The summed E-state index contributed by atoms with van der Waals surface area (Å²) in [5.74, 6) is 0. The Morgan fingerprint density at radius 1 is 0.571 bits per heavy atom. The Morgan fingerprint density at radius 3 is 1.86 bits per heavy atom. The van der Waals surface area contributed by atoms with Crippen LogP contribution in [0.2, 0.25) is 0 Å². The van der Waals surface area contributed by atoms with Crippen LogP contribution in [0, 0.1) is 0 Å². The normalized spacial score (nSPS) is 22.9. The van der Waals surface area contributed by atoms with Gasteiger partial charge in [0, 0.05) is 0 Å². The molecule has 1 heteroatoms. The molecule has 82 valence electrons. The summed E-state index contributed by atoms with van der Waals surface area (Å²) >= 11 is 0. The fourth-order valence-electron chi connectivity index (χ4n) is 1.92. The van der Waals surface area contributed by atoms with Crippen molar-refractivity contribution in [3.05, 3.63) is 12.2 Å². The van der Waals surface area contributed by atoms with Crippen molar-refractivity contribution < 1.29 is 0 Å². The lowest BCUT2D eigenvalue weighted by Gasteiger charge is -2.05. The van der Waals surface area contributed by atoms with Gasteiger partial charge in [-0.15, -0.1) is 0 Å². The van der Waals surface area contributed by atoms with E-state index in [1.54, 1.807) is 0 Å². The maximum atomic E-state index is 3.52. The third kappa shape index (κ3) is 7.14. The fraction of sp³-hybridized carbons (Fsp3) is 0.846. The van der Waals surface area contributed by atoms with Crippen LogP contribution in [-0.4, -0.2) is 13.1 Å². The van der Waals surface area contributed by atoms with Crippen molar-refractivity contribution in [3.8, 4) is 0 Å². The molecule has 14 heavy (non-hydrogen) atoms. The Hall–Kier alpha value is -0.300.